The Hall–Kier alpha value is -1.76. The summed E-state index contributed by atoms with van der Waals surface area (Å²) in [5.41, 5.74) is 5.81. The zero-order valence-corrected chi connectivity index (χ0v) is 12.7. The Bertz CT molecular complexity index is 617. The van der Waals surface area contributed by atoms with Crippen LogP contribution in [0, 0.1) is 5.41 Å². The molecule has 0 aromatic heterocycles. The molecule has 1 heterocycles. The van der Waals surface area contributed by atoms with E-state index < -0.39 is 10.0 Å². The number of anilines is 1. The van der Waals surface area contributed by atoms with Gasteiger partial charge in [-0.2, -0.15) is 0 Å². The highest BCUT2D eigenvalue weighted by atomic mass is 32.2. The summed E-state index contributed by atoms with van der Waals surface area (Å²) in [6.07, 6.45) is 0. The van der Waals surface area contributed by atoms with Crippen LogP contribution >= 0.6 is 0 Å². The normalized spacial score (nSPS) is 16.9. The van der Waals surface area contributed by atoms with Crippen LogP contribution in [0.3, 0.4) is 0 Å². The van der Waals surface area contributed by atoms with Crippen LogP contribution in [0.4, 0.5) is 5.69 Å². The van der Waals surface area contributed by atoms with E-state index in [1.807, 2.05) is 20.8 Å². The molecule has 1 aliphatic rings. The number of rotatable bonds is 2. The summed E-state index contributed by atoms with van der Waals surface area (Å²) in [4.78, 5) is 1.94. The van der Waals surface area contributed by atoms with Gasteiger partial charge in [0.25, 0.3) is 10.0 Å². The number of hydrogen-bond acceptors (Lipinski definition) is 4. The lowest BCUT2D eigenvalue weighted by Gasteiger charge is -2.33. The molecular formula is C13H20N4O2S. The fourth-order valence-corrected chi connectivity index (χ4v) is 3.57. The molecular weight excluding hydrogens is 276 g/mol. The fourth-order valence-electron chi connectivity index (χ4n) is 2.19. The van der Waals surface area contributed by atoms with E-state index in [9.17, 15) is 8.42 Å². The molecule has 3 N–H and O–H groups in total. The van der Waals surface area contributed by atoms with Crippen LogP contribution in [0.5, 0.6) is 0 Å². The minimum Gasteiger partial charge on any atom is -0.399 e. The number of nitrogens with one attached hydrogen (secondary N) is 1. The molecule has 0 unspecified atom stereocenters. The van der Waals surface area contributed by atoms with Gasteiger partial charge in [-0.25, -0.2) is 12.7 Å². The predicted molar refractivity (Wildman–Crippen MR) is 78.9 cm³/mol. The summed E-state index contributed by atoms with van der Waals surface area (Å²) in [7, 11) is -3.69. The fraction of sp³-hybridized carbons (Fsp3) is 0.462. The topological polar surface area (TPSA) is 90.5 Å². The van der Waals surface area contributed by atoms with Crippen molar-refractivity contribution in [2.24, 2.45) is 0 Å². The molecule has 7 heteroatoms. The van der Waals surface area contributed by atoms with Crippen molar-refractivity contribution >= 4 is 21.7 Å². The Kier molecular flexibility index (Phi) is 3.41. The largest absolute Gasteiger partial charge is 0.399 e. The molecule has 2 rings (SSSR count). The summed E-state index contributed by atoms with van der Waals surface area (Å²) < 4.78 is 26.2. The third-order valence-corrected chi connectivity index (χ3v) is 5.10. The molecule has 0 saturated carbocycles. The second kappa shape index (κ2) is 4.66. The van der Waals surface area contributed by atoms with E-state index in [1.165, 1.54) is 12.1 Å². The molecule has 0 amide bonds. The van der Waals surface area contributed by atoms with E-state index in [-0.39, 0.29) is 16.4 Å². The molecule has 0 atom stereocenters. The van der Waals surface area contributed by atoms with Crippen LogP contribution < -0.4 is 5.73 Å². The Morgan fingerprint density at radius 1 is 1.15 bits per heavy atom. The van der Waals surface area contributed by atoms with Crippen LogP contribution in [-0.2, 0) is 10.0 Å². The lowest BCUT2D eigenvalue weighted by atomic mass is 10.1. The summed E-state index contributed by atoms with van der Waals surface area (Å²) in [6.45, 7) is 6.70. The van der Waals surface area contributed by atoms with E-state index in [2.05, 4.69) is 0 Å². The monoisotopic (exact) mass is 296 g/mol. The summed E-state index contributed by atoms with van der Waals surface area (Å²) in [5, 5.41) is 8.11. The van der Waals surface area contributed by atoms with Gasteiger partial charge in [-0.3, -0.25) is 5.41 Å². The Labute approximate surface area is 119 Å². The zero-order chi connectivity index (χ0) is 15.1. The number of sulfonamides is 1. The first-order chi connectivity index (χ1) is 9.14. The molecule has 1 aromatic rings. The van der Waals surface area contributed by atoms with Gasteiger partial charge >= 0.3 is 0 Å². The average molecular weight is 296 g/mol. The Morgan fingerprint density at radius 3 is 2.15 bits per heavy atom. The minimum atomic E-state index is -3.69. The van der Waals surface area contributed by atoms with Crippen molar-refractivity contribution in [1.82, 2.24) is 9.21 Å². The number of hydrogen-bond donors (Lipinski definition) is 2. The summed E-state index contributed by atoms with van der Waals surface area (Å²) in [5.74, 6) is 0.0225. The first-order valence-corrected chi connectivity index (χ1v) is 7.82. The maximum atomic E-state index is 12.5. The number of nitrogens with two attached hydrogens (primary N) is 1. The number of benzene rings is 1. The number of guanidine groups is 1. The van der Waals surface area contributed by atoms with Gasteiger partial charge in [-0.15, -0.1) is 0 Å². The standard InChI is InChI=1S/C13H20N4O2S/c1-13(2,3)16-8-9-17(12(16)15)20(18,19)11-6-4-10(14)5-7-11/h4-7,15H,8-9,14H2,1-3H3. The van der Waals surface area contributed by atoms with Crippen LogP contribution in [0.2, 0.25) is 0 Å². The van der Waals surface area contributed by atoms with Crippen molar-refractivity contribution in [3.63, 3.8) is 0 Å². The minimum absolute atomic E-state index is 0.0225. The highest BCUT2D eigenvalue weighted by molar-refractivity contribution is 7.89. The number of nitrogen functional groups attached to an aromatic ring is 1. The third-order valence-electron chi connectivity index (χ3n) is 3.30. The van der Waals surface area contributed by atoms with E-state index in [0.717, 1.165) is 4.31 Å². The molecule has 0 radical (unpaired) electrons. The lowest BCUT2D eigenvalue weighted by molar-refractivity contribution is 0.258. The summed E-state index contributed by atoms with van der Waals surface area (Å²) >= 11 is 0. The molecule has 0 spiro atoms. The van der Waals surface area contributed by atoms with Gasteiger partial charge in [0.05, 0.1) is 11.4 Å². The van der Waals surface area contributed by atoms with E-state index >= 15 is 0 Å². The van der Waals surface area contributed by atoms with Crippen molar-refractivity contribution < 1.29 is 8.42 Å². The lowest BCUT2D eigenvalue weighted by Crippen LogP contribution is -2.45. The smallest absolute Gasteiger partial charge is 0.266 e. The molecule has 6 nitrogen and oxygen atoms in total. The molecule has 0 aliphatic carbocycles. The molecule has 1 aromatic carbocycles. The SMILES string of the molecule is CC(C)(C)N1CCN(S(=O)(=O)c2ccc(N)cc2)C1=N. The van der Waals surface area contributed by atoms with Crippen LogP contribution in [-0.4, -0.2) is 42.2 Å². The van der Waals surface area contributed by atoms with Crippen molar-refractivity contribution in [2.75, 3.05) is 18.8 Å². The maximum Gasteiger partial charge on any atom is 0.266 e. The predicted octanol–water partition coefficient (Wildman–Crippen LogP) is 1.31. The van der Waals surface area contributed by atoms with E-state index in [4.69, 9.17) is 11.1 Å². The zero-order valence-electron chi connectivity index (χ0n) is 11.9. The highest BCUT2D eigenvalue weighted by Gasteiger charge is 2.39. The Balaban J connectivity index is 2.33. The van der Waals surface area contributed by atoms with Crippen LogP contribution in [0.1, 0.15) is 20.8 Å². The van der Waals surface area contributed by atoms with Crippen molar-refractivity contribution in [2.45, 2.75) is 31.2 Å². The van der Waals surface area contributed by atoms with Crippen molar-refractivity contribution in [1.29, 1.82) is 5.41 Å². The first-order valence-electron chi connectivity index (χ1n) is 6.38. The van der Waals surface area contributed by atoms with Gasteiger partial charge in [0.2, 0.25) is 5.96 Å². The van der Waals surface area contributed by atoms with Gasteiger partial charge in [0, 0.05) is 17.8 Å². The molecule has 1 aliphatic heterocycles. The van der Waals surface area contributed by atoms with Gasteiger partial charge < -0.3 is 10.6 Å². The quantitative estimate of drug-likeness (QED) is 0.805. The second-order valence-electron chi connectivity index (χ2n) is 5.79. The van der Waals surface area contributed by atoms with Crippen molar-refractivity contribution in [3.05, 3.63) is 24.3 Å². The van der Waals surface area contributed by atoms with Gasteiger partial charge in [-0.05, 0) is 45.0 Å². The van der Waals surface area contributed by atoms with Crippen LogP contribution in [0.15, 0.2) is 29.2 Å². The molecule has 0 bridgehead atoms. The van der Waals surface area contributed by atoms with E-state index in [0.29, 0.717) is 18.8 Å². The third kappa shape index (κ3) is 2.45. The molecule has 1 saturated heterocycles. The molecule has 20 heavy (non-hydrogen) atoms. The van der Waals surface area contributed by atoms with E-state index in [1.54, 1.807) is 17.0 Å². The molecule has 1 fully saturated rings. The van der Waals surface area contributed by atoms with Crippen LogP contribution in [0.25, 0.3) is 0 Å². The Morgan fingerprint density at radius 2 is 1.70 bits per heavy atom. The highest BCUT2D eigenvalue weighted by Crippen LogP contribution is 2.25. The number of nitrogens with zero attached hydrogens (tertiary/aromatic N) is 2. The van der Waals surface area contributed by atoms with Gasteiger partial charge in [0.1, 0.15) is 0 Å². The van der Waals surface area contributed by atoms with Gasteiger partial charge in [0.15, 0.2) is 0 Å². The second-order valence-corrected chi connectivity index (χ2v) is 7.65. The van der Waals surface area contributed by atoms with Crippen molar-refractivity contribution in [3.8, 4) is 0 Å². The average Bonchev–Trinajstić information content (AvgIpc) is 2.72. The summed E-state index contributed by atoms with van der Waals surface area (Å²) in [6, 6.07) is 6.04. The molecule has 110 valence electrons. The maximum absolute atomic E-state index is 12.5. The first kappa shape index (κ1) is 14.6. The van der Waals surface area contributed by atoms with Gasteiger partial charge in [-0.1, -0.05) is 0 Å².